The molecule has 2 rings (SSSR count). The van der Waals surface area contributed by atoms with Gasteiger partial charge in [0, 0.05) is 13.0 Å². The van der Waals surface area contributed by atoms with E-state index in [-0.39, 0.29) is 29.5 Å². The number of hydrogen-bond donors (Lipinski definition) is 3. The van der Waals surface area contributed by atoms with E-state index in [1.54, 1.807) is 0 Å². The van der Waals surface area contributed by atoms with Crippen LogP contribution in [0.25, 0.3) is 0 Å². The summed E-state index contributed by atoms with van der Waals surface area (Å²) in [7, 11) is 0. The predicted octanol–water partition coefficient (Wildman–Crippen LogP) is 6.73. The molecule has 0 fully saturated rings. The molecule has 0 bridgehead atoms. The number of hydrogen-bond acceptors (Lipinski definition) is 3. The second kappa shape index (κ2) is 11.6. The fourth-order valence-corrected chi connectivity index (χ4v) is 3.13. The summed E-state index contributed by atoms with van der Waals surface area (Å²) in [6.45, 7) is 2.27. The molecule has 0 saturated heterocycles. The molecule has 0 aliphatic heterocycles. The van der Waals surface area contributed by atoms with Gasteiger partial charge in [-0.25, -0.2) is 4.39 Å². The van der Waals surface area contributed by atoms with Crippen molar-refractivity contribution in [3.05, 3.63) is 53.3 Å². The largest absolute Gasteiger partial charge is 0.416 e. The number of unbranched alkanes of at least 4 members (excludes halogenated alkanes) is 5. The topological polar surface area (TPSA) is 67.2 Å². The van der Waals surface area contributed by atoms with Crippen LogP contribution in [0, 0.1) is 5.82 Å². The van der Waals surface area contributed by atoms with Crippen LogP contribution in [0.3, 0.4) is 0 Å². The summed E-state index contributed by atoms with van der Waals surface area (Å²) in [5, 5.41) is 5.45. The number of carbonyl (C=O) groups excluding carboxylic acids is 1. The molecule has 0 atom stereocenters. The van der Waals surface area contributed by atoms with Crippen LogP contribution in [0.4, 0.5) is 34.6 Å². The number of carbonyl (C=O) groups is 1. The number of amides is 1. The number of rotatable bonds is 11. The highest BCUT2D eigenvalue weighted by molar-refractivity contribution is 5.94. The van der Waals surface area contributed by atoms with E-state index in [1.165, 1.54) is 37.1 Å². The molecule has 4 N–H and O–H groups in total. The molecule has 0 saturated carbocycles. The Morgan fingerprint density at radius 1 is 0.935 bits per heavy atom. The Morgan fingerprint density at radius 2 is 1.55 bits per heavy atom. The van der Waals surface area contributed by atoms with Crippen molar-refractivity contribution >= 4 is 23.0 Å². The lowest BCUT2D eigenvalue weighted by Crippen LogP contribution is -2.14. The zero-order chi connectivity index (χ0) is 22.9. The average molecular weight is 439 g/mol. The molecular weight excluding hydrogens is 410 g/mol. The summed E-state index contributed by atoms with van der Waals surface area (Å²) >= 11 is 0. The highest BCUT2D eigenvalue weighted by Gasteiger charge is 2.29. The molecule has 2 aromatic rings. The van der Waals surface area contributed by atoms with E-state index in [9.17, 15) is 22.4 Å². The summed E-state index contributed by atoms with van der Waals surface area (Å²) in [5.41, 5.74) is 5.76. The Hall–Kier alpha value is -2.77. The van der Waals surface area contributed by atoms with Crippen LogP contribution in [0.2, 0.25) is 0 Å². The maximum Gasteiger partial charge on any atom is 0.416 e. The summed E-state index contributed by atoms with van der Waals surface area (Å²) < 4.78 is 52.4. The third-order valence-electron chi connectivity index (χ3n) is 4.98. The van der Waals surface area contributed by atoms with Crippen LogP contribution < -0.4 is 16.4 Å². The summed E-state index contributed by atoms with van der Waals surface area (Å²) in [6.07, 6.45) is 2.31. The molecule has 0 aliphatic rings. The first-order valence-electron chi connectivity index (χ1n) is 10.5. The number of nitrogens with one attached hydrogen (secondary N) is 2. The van der Waals surface area contributed by atoms with Gasteiger partial charge in [0.05, 0.1) is 22.6 Å². The monoisotopic (exact) mass is 439 g/mol. The first kappa shape index (κ1) is 24.5. The van der Waals surface area contributed by atoms with Crippen molar-refractivity contribution in [2.75, 3.05) is 16.4 Å². The SMILES string of the molecule is CCCCCCCCC(=O)Nc1ccc(NCc2ccc(C(F)(F)F)cc2)c(F)c1N. The molecular formula is C23H29F4N3O. The minimum atomic E-state index is -4.40. The van der Waals surface area contributed by atoms with Gasteiger partial charge in [-0.3, -0.25) is 4.79 Å². The van der Waals surface area contributed by atoms with Gasteiger partial charge in [-0.2, -0.15) is 13.2 Å². The first-order chi connectivity index (χ1) is 14.7. The lowest BCUT2D eigenvalue weighted by Gasteiger charge is -2.14. The van der Waals surface area contributed by atoms with Crippen molar-refractivity contribution in [3.63, 3.8) is 0 Å². The number of halogens is 4. The molecule has 0 heterocycles. The highest BCUT2D eigenvalue weighted by Crippen LogP contribution is 2.30. The number of nitrogen functional groups attached to an aromatic ring is 1. The van der Waals surface area contributed by atoms with Crippen LogP contribution >= 0.6 is 0 Å². The number of anilines is 3. The van der Waals surface area contributed by atoms with Crippen LogP contribution in [0.15, 0.2) is 36.4 Å². The maximum atomic E-state index is 14.6. The van der Waals surface area contributed by atoms with Gasteiger partial charge >= 0.3 is 6.18 Å². The van der Waals surface area contributed by atoms with Crippen molar-refractivity contribution < 1.29 is 22.4 Å². The van der Waals surface area contributed by atoms with Crippen LogP contribution in [0.1, 0.15) is 63.0 Å². The van der Waals surface area contributed by atoms with Crippen LogP contribution in [-0.4, -0.2) is 5.91 Å². The van der Waals surface area contributed by atoms with Gasteiger partial charge in [0.25, 0.3) is 0 Å². The van der Waals surface area contributed by atoms with Crippen molar-refractivity contribution in [2.24, 2.45) is 0 Å². The number of benzene rings is 2. The minimum absolute atomic E-state index is 0.103. The molecule has 0 aromatic heterocycles. The van der Waals surface area contributed by atoms with E-state index >= 15 is 0 Å². The molecule has 1 amide bonds. The molecule has 31 heavy (non-hydrogen) atoms. The van der Waals surface area contributed by atoms with E-state index in [0.717, 1.165) is 37.8 Å². The number of alkyl halides is 3. The summed E-state index contributed by atoms with van der Waals surface area (Å²) in [5.74, 6) is -0.934. The molecule has 0 aliphatic carbocycles. The lowest BCUT2D eigenvalue weighted by atomic mass is 10.1. The van der Waals surface area contributed by atoms with Gasteiger partial charge in [-0.1, -0.05) is 51.2 Å². The standard InChI is InChI=1S/C23H29F4N3O/c1-2-3-4-5-6-7-8-20(31)30-19-14-13-18(21(24)22(19)28)29-15-16-9-11-17(12-10-16)23(25,26)27/h9-14,29H,2-8,15,28H2,1H3,(H,30,31). The van der Waals surface area contributed by atoms with Gasteiger partial charge in [0.2, 0.25) is 5.91 Å². The van der Waals surface area contributed by atoms with Crippen molar-refractivity contribution in [2.45, 2.75) is 64.6 Å². The third kappa shape index (κ3) is 7.77. The van der Waals surface area contributed by atoms with Gasteiger partial charge in [0.15, 0.2) is 5.82 Å². The van der Waals surface area contributed by atoms with Crippen molar-refractivity contribution in [1.82, 2.24) is 0 Å². The molecule has 2 aromatic carbocycles. The van der Waals surface area contributed by atoms with E-state index in [4.69, 9.17) is 5.73 Å². The number of nitrogens with two attached hydrogens (primary N) is 1. The zero-order valence-corrected chi connectivity index (χ0v) is 17.6. The fraction of sp³-hybridized carbons (Fsp3) is 0.435. The first-order valence-corrected chi connectivity index (χ1v) is 10.5. The van der Waals surface area contributed by atoms with E-state index < -0.39 is 17.6 Å². The Morgan fingerprint density at radius 3 is 2.19 bits per heavy atom. The van der Waals surface area contributed by atoms with E-state index in [0.29, 0.717) is 12.0 Å². The third-order valence-corrected chi connectivity index (χ3v) is 4.98. The van der Waals surface area contributed by atoms with Gasteiger partial charge < -0.3 is 16.4 Å². The average Bonchev–Trinajstić information content (AvgIpc) is 2.73. The summed E-state index contributed by atoms with van der Waals surface area (Å²) in [6, 6.07) is 7.55. The van der Waals surface area contributed by atoms with Gasteiger partial charge in [-0.05, 0) is 36.2 Å². The minimum Gasteiger partial charge on any atom is -0.395 e. The maximum absolute atomic E-state index is 14.6. The van der Waals surface area contributed by atoms with Gasteiger partial charge in [0.1, 0.15) is 0 Å². The zero-order valence-electron chi connectivity index (χ0n) is 17.6. The smallest absolute Gasteiger partial charge is 0.395 e. The van der Waals surface area contributed by atoms with Crippen LogP contribution in [0.5, 0.6) is 0 Å². The predicted molar refractivity (Wildman–Crippen MR) is 116 cm³/mol. The fourth-order valence-electron chi connectivity index (χ4n) is 3.13. The molecule has 0 radical (unpaired) electrons. The Labute approximate surface area is 180 Å². The highest BCUT2D eigenvalue weighted by atomic mass is 19.4. The van der Waals surface area contributed by atoms with Crippen molar-refractivity contribution in [1.29, 1.82) is 0 Å². The Balaban J connectivity index is 1.88. The molecule has 4 nitrogen and oxygen atoms in total. The van der Waals surface area contributed by atoms with Crippen LogP contribution in [-0.2, 0) is 17.5 Å². The Bertz CT molecular complexity index is 851. The normalized spacial score (nSPS) is 11.4. The second-order valence-corrected chi connectivity index (χ2v) is 7.50. The molecule has 8 heteroatoms. The van der Waals surface area contributed by atoms with Gasteiger partial charge in [-0.15, -0.1) is 0 Å². The quantitative estimate of drug-likeness (QED) is 0.207. The lowest BCUT2D eigenvalue weighted by molar-refractivity contribution is -0.137. The van der Waals surface area contributed by atoms with E-state index in [1.807, 2.05) is 0 Å². The molecule has 170 valence electrons. The molecule has 0 spiro atoms. The van der Waals surface area contributed by atoms with Crippen molar-refractivity contribution in [3.8, 4) is 0 Å². The Kier molecular flexibility index (Phi) is 9.15. The molecule has 0 unspecified atom stereocenters. The summed E-state index contributed by atoms with van der Waals surface area (Å²) in [4.78, 5) is 12.1. The van der Waals surface area contributed by atoms with E-state index in [2.05, 4.69) is 17.6 Å². The second-order valence-electron chi connectivity index (χ2n) is 7.50.